The highest BCUT2D eigenvalue weighted by molar-refractivity contribution is 5.77. The maximum atomic E-state index is 6.05. The van der Waals surface area contributed by atoms with Crippen LogP contribution in [0.1, 0.15) is 32.9 Å². The molecule has 0 aromatic carbocycles. The Hall–Kier alpha value is -1.56. The Balaban J connectivity index is 2.52. The third-order valence-electron chi connectivity index (χ3n) is 3.40. The van der Waals surface area contributed by atoms with Gasteiger partial charge in [-0.25, -0.2) is 4.98 Å². The lowest BCUT2D eigenvalue weighted by molar-refractivity contribution is 0.00926. The Bertz CT molecular complexity index is 581. The Labute approximate surface area is 113 Å². The quantitative estimate of drug-likeness (QED) is 0.893. The number of hydrogen-bond donors (Lipinski definition) is 1. The minimum atomic E-state index is -0.295. The molecule has 0 fully saturated rings. The first-order valence-electron chi connectivity index (χ1n) is 6.62. The maximum Gasteiger partial charge on any atom is 0.202 e. The summed E-state index contributed by atoms with van der Waals surface area (Å²) in [6.07, 6.45) is 1.96. The molecule has 6 heteroatoms. The summed E-state index contributed by atoms with van der Waals surface area (Å²) in [7, 11) is 3.63. The van der Waals surface area contributed by atoms with Gasteiger partial charge >= 0.3 is 0 Å². The van der Waals surface area contributed by atoms with Crippen molar-refractivity contribution in [3.63, 3.8) is 0 Å². The van der Waals surface area contributed by atoms with Crippen LogP contribution in [0.3, 0.4) is 0 Å². The van der Waals surface area contributed by atoms with Gasteiger partial charge in [-0.2, -0.15) is 5.10 Å². The summed E-state index contributed by atoms with van der Waals surface area (Å²) in [5.41, 5.74) is 8.64. The number of rotatable bonds is 5. The van der Waals surface area contributed by atoms with Crippen molar-refractivity contribution in [2.45, 2.75) is 45.8 Å². The van der Waals surface area contributed by atoms with Gasteiger partial charge in [-0.1, -0.05) is 13.3 Å². The second-order valence-electron chi connectivity index (χ2n) is 5.51. The zero-order chi connectivity index (χ0) is 14.2. The topological polar surface area (TPSA) is 70.9 Å². The number of anilines is 1. The molecule has 19 heavy (non-hydrogen) atoms. The number of aryl methyl sites for hydroxylation is 2. The van der Waals surface area contributed by atoms with Gasteiger partial charge in [0.25, 0.3) is 0 Å². The number of hydrogen-bond acceptors (Lipinski definition) is 4. The van der Waals surface area contributed by atoms with Gasteiger partial charge in [-0.05, 0) is 20.3 Å². The van der Waals surface area contributed by atoms with E-state index in [4.69, 9.17) is 10.5 Å². The SMILES string of the molecule is CCCc1nn(C)c2c1nc(N)n2CC(C)(C)OC. The van der Waals surface area contributed by atoms with E-state index in [1.54, 1.807) is 7.11 Å². The van der Waals surface area contributed by atoms with Crippen molar-refractivity contribution < 1.29 is 4.74 Å². The average Bonchev–Trinajstić information content (AvgIpc) is 2.80. The molecule has 0 unspecified atom stereocenters. The highest BCUT2D eigenvalue weighted by Crippen LogP contribution is 2.24. The average molecular weight is 265 g/mol. The minimum Gasteiger partial charge on any atom is -0.377 e. The zero-order valence-electron chi connectivity index (χ0n) is 12.4. The first-order chi connectivity index (χ1) is 8.89. The molecule has 0 bridgehead atoms. The molecular formula is C13H23N5O. The fourth-order valence-electron chi connectivity index (χ4n) is 2.26. The monoisotopic (exact) mass is 265 g/mol. The molecule has 2 aromatic heterocycles. The van der Waals surface area contributed by atoms with Crippen LogP contribution < -0.4 is 5.73 Å². The van der Waals surface area contributed by atoms with E-state index >= 15 is 0 Å². The molecule has 0 amide bonds. The second-order valence-corrected chi connectivity index (χ2v) is 5.51. The first-order valence-corrected chi connectivity index (χ1v) is 6.62. The van der Waals surface area contributed by atoms with Gasteiger partial charge in [0.1, 0.15) is 5.52 Å². The molecule has 0 aliphatic carbocycles. The van der Waals surface area contributed by atoms with Crippen molar-refractivity contribution in [1.82, 2.24) is 19.3 Å². The summed E-state index contributed by atoms with van der Waals surface area (Å²) in [6, 6.07) is 0. The predicted octanol–water partition coefficient (Wildman–Crippen LogP) is 1.73. The standard InChI is InChI=1S/C13H23N5O/c1-6-7-9-10-11(17(4)16-9)18(12(14)15-10)8-13(2,3)19-5/h6-8H2,1-5H3,(H2,14,15). The summed E-state index contributed by atoms with van der Waals surface area (Å²) in [4.78, 5) is 4.47. The van der Waals surface area contributed by atoms with E-state index in [1.165, 1.54) is 0 Å². The molecule has 0 radical (unpaired) electrons. The van der Waals surface area contributed by atoms with E-state index in [-0.39, 0.29) is 5.60 Å². The van der Waals surface area contributed by atoms with Crippen molar-refractivity contribution in [2.24, 2.45) is 7.05 Å². The van der Waals surface area contributed by atoms with Crippen LogP contribution in [0.15, 0.2) is 0 Å². The maximum absolute atomic E-state index is 6.05. The minimum absolute atomic E-state index is 0.295. The Morgan fingerprint density at radius 3 is 2.63 bits per heavy atom. The Morgan fingerprint density at radius 1 is 1.37 bits per heavy atom. The summed E-state index contributed by atoms with van der Waals surface area (Å²) in [5, 5.41) is 4.53. The third kappa shape index (κ3) is 2.45. The zero-order valence-corrected chi connectivity index (χ0v) is 12.4. The predicted molar refractivity (Wildman–Crippen MR) is 76.0 cm³/mol. The van der Waals surface area contributed by atoms with Crippen molar-refractivity contribution in [3.05, 3.63) is 5.69 Å². The Morgan fingerprint density at radius 2 is 2.05 bits per heavy atom. The molecule has 2 rings (SSSR count). The van der Waals surface area contributed by atoms with Crippen LogP contribution in [0, 0.1) is 0 Å². The van der Waals surface area contributed by atoms with E-state index in [1.807, 2.05) is 30.1 Å². The van der Waals surface area contributed by atoms with Crippen LogP contribution in [0.2, 0.25) is 0 Å². The van der Waals surface area contributed by atoms with E-state index in [2.05, 4.69) is 17.0 Å². The van der Waals surface area contributed by atoms with Crippen LogP contribution in [0.4, 0.5) is 5.95 Å². The number of aromatic nitrogens is 4. The Kier molecular flexibility index (Phi) is 3.54. The van der Waals surface area contributed by atoms with Gasteiger partial charge in [-0.3, -0.25) is 9.25 Å². The molecule has 0 aliphatic rings. The van der Waals surface area contributed by atoms with Crippen molar-refractivity contribution in [3.8, 4) is 0 Å². The summed E-state index contributed by atoms with van der Waals surface area (Å²) >= 11 is 0. The molecule has 2 aromatic rings. The highest BCUT2D eigenvalue weighted by atomic mass is 16.5. The lowest BCUT2D eigenvalue weighted by atomic mass is 10.1. The van der Waals surface area contributed by atoms with Crippen molar-refractivity contribution in [1.29, 1.82) is 0 Å². The summed E-state index contributed by atoms with van der Waals surface area (Å²) in [5.74, 6) is 0.519. The number of nitrogens with zero attached hydrogens (tertiary/aromatic N) is 4. The van der Waals surface area contributed by atoms with Crippen LogP contribution in [0.25, 0.3) is 11.2 Å². The normalized spacial score (nSPS) is 12.5. The van der Waals surface area contributed by atoms with Gasteiger partial charge in [0, 0.05) is 14.2 Å². The number of nitrogen functional groups attached to an aromatic ring is 1. The van der Waals surface area contributed by atoms with Crippen molar-refractivity contribution >= 4 is 17.1 Å². The summed E-state index contributed by atoms with van der Waals surface area (Å²) in [6.45, 7) is 6.84. The molecule has 0 saturated heterocycles. The lowest BCUT2D eigenvalue weighted by Crippen LogP contribution is -2.30. The first kappa shape index (κ1) is 13.9. The van der Waals surface area contributed by atoms with Gasteiger partial charge in [0.15, 0.2) is 5.65 Å². The van der Waals surface area contributed by atoms with Gasteiger partial charge in [0.2, 0.25) is 5.95 Å². The van der Waals surface area contributed by atoms with E-state index in [9.17, 15) is 0 Å². The van der Waals surface area contributed by atoms with Gasteiger partial charge in [-0.15, -0.1) is 0 Å². The molecule has 106 valence electrons. The van der Waals surface area contributed by atoms with E-state index < -0.39 is 0 Å². The molecule has 0 saturated carbocycles. The number of imidazole rings is 1. The highest BCUT2D eigenvalue weighted by Gasteiger charge is 2.23. The number of nitrogens with two attached hydrogens (primary N) is 1. The van der Waals surface area contributed by atoms with Crippen LogP contribution in [0.5, 0.6) is 0 Å². The molecule has 6 nitrogen and oxygen atoms in total. The fourth-order valence-corrected chi connectivity index (χ4v) is 2.26. The number of fused-ring (bicyclic) bond motifs is 1. The van der Waals surface area contributed by atoms with Crippen LogP contribution in [-0.2, 0) is 24.8 Å². The number of ether oxygens (including phenoxy) is 1. The molecule has 0 aliphatic heterocycles. The van der Waals surface area contributed by atoms with Crippen LogP contribution in [-0.4, -0.2) is 32.0 Å². The third-order valence-corrected chi connectivity index (χ3v) is 3.40. The smallest absolute Gasteiger partial charge is 0.202 e. The summed E-state index contributed by atoms with van der Waals surface area (Å²) < 4.78 is 9.31. The molecular weight excluding hydrogens is 242 g/mol. The van der Waals surface area contributed by atoms with Crippen LogP contribution >= 0.6 is 0 Å². The van der Waals surface area contributed by atoms with E-state index in [0.717, 1.165) is 29.7 Å². The fraction of sp³-hybridized carbons (Fsp3) is 0.692. The van der Waals surface area contributed by atoms with Gasteiger partial charge in [0.05, 0.1) is 17.8 Å². The lowest BCUT2D eigenvalue weighted by Gasteiger charge is -2.24. The molecule has 2 N–H and O–H groups in total. The molecule has 2 heterocycles. The molecule has 0 atom stereocenters. The van der Waals surface area contributed by atoms with Crippen molar-refractivity contribution in [2.75, 3.05) is 12.8 Å². The number of methoxy groups -OCH3 is 1. The molecule has 0 spiro atoms. The second kappa shape index (κ2) is 4.85. The largest absolute Gasteiger partial charge is 0.377 e. The van der Waals surface area contributed by atoms with Gasteiger partial charge < -0.3 is 10.5 Å². The van der Waals surface area contributed by atoms with E-state index in [0.29, 0.717) is 12.5 Å².